The molecule has 0 aromatic heterocycles. The molecule has 0 aliphatic heterocycles. The number of hydrogen-bond acceptors (Lipinski definition) is 2. The average Bonchev–Trinajstić information content (AvgIpc) is 2.19. The van der Waals surface area contributed by atoms with Crippen molar-refractivity contribution in [3.63, 3.8) is 0 Å². The van der Waals surface area contributed by atoms with Gasteiger partial charge >= 0.3 is 5.97 Å². The van der Waals surface area contributed by atoms with Gasteiger partial charge in [-0.15, -0.1) is 0 Å². The van der Waals surface area contributed by atoms with Crippen molar-refractivity contribution in [2.75, 3.05) is 6.61 Å². The first-order valence-electron chi connectivity index (χ1n) is 5.89. The van der Waals surface area contributed by atoms with Crippen molar-refractivity contribution in [2.24, 2.45) is 11.8 Å². The van der Waals surface area contributed by atoms with E-state index in [9.17, 15) is 4.79 Å². The van der Waals surface area contributed by atoms with Gasteiger partial charge in [-0.1, -0.05) is 39.0 Å². The molecule has 1 rings (SSSR count). The highest BCUT2D eigenvalue weighted by Gasteiger charge is 2.22. The van der Waals surface area contributed by atoms with Crippen molar-refractivity contribution < 1.29 is 9.53 Å². The molecule has 14 heavy (non-hydrogen) atoms. The fourth-order valence-corrected chi connectivity index (χ4v) is 2.35. The summed E-state index contributed by atoms with van der Waals surface area (Å²) in [5, 5.41) is 0. The van der Waals surface area contributed by atoms with E-state index in [2.05, 4.69) is 6.92 Å². The Kier molecular flexibility index (Phi) is 4.99. The first-order valence-corrected chi connectivity index (χ1v) is 5.89. The molecule has 0 radical (unpaired) electrons. The molecule has 0 spiro atoms. The molecule has 0 aromatic carbocycles. The molecular weight excluding hydrogens is 176 g/mol. The Bertz CT molecular complexity index is 171. The van der Waals surface area contributed by atoms with Crippen LogP contribution in [0.2, 0.25) is 0 Å². The van der Waals surface area contributed by atoms with Crippen LogP contribution in [0, 0.1) is 11.8 Å². The van der Waals surface area contributed by atoms with Gasteiger partial charge in [0.15, 0.2) is 0 Å². The molecular formula is C12H22O2. The summed E-state index contributed by atoms with van der Waals surface area (Å²) in [6.07, 6.45) is 7.29. The molecule has 1 saturated carbocycles. The highest BCUT2D eigenvalue weighted by molar-refractivity contribution is 5.69. The van der Waals surface area contributed by atoms with Gasteiger partial charge in [0.1, 0.15) is 0 Å². The van der Waals surface area contributed by atoms with Gasteiger partial charge in [-0.05, 0) is 18.8 Å². The number of ether oxygens (including phenoxy) is 1. The Morgan fingerprint density at radius 3 is 2.57 bits per heavy atom. The molecule has 1 fully saturated rings. The summed E-state index contributed by atoms with van der Waals surface area (Å²) >= 11 is 0. The van der Waals surface area contributed by atoms with Gasteiger partial charge in [-0.2, -0.15) is 0 Å². The standard InChI is InChI=1S/C12H22O2/c1-3-14-12(13)9-10(2)11-7-5-4-6-8-11/h10-11H,3-9H2,1-2H3/t10-/m1/s1. The van der Waals surface area contributed by atoms with Crippen LogP contribution in [-0.4, -0.2) is 12.6 Å². The van der Waals surface area contributed by atoms with Crippen molar-refractivity contribution in [1.82, 2.24) is 0 Å². The van der Waals surface area contributed by atoms with E-state index < -0.39 is 0 Å². The minimum atomic E-state index is -0.0226. The van der Waals surface area contributed by atoms with Crippen LogP contribution in [0.1, 0.15) is 52.4 Å². The molecule has 0 saturated heterocycles. The quantitative estimate of drug-likeness (QED) is 0.649. The minimum Gasteiger partial charge on any atom is -0.466 e. The Balaban J connectivity index is 2.25. The summed E-state index contributed by atoms with van der Waals surface area (Å²) in [6, 6.07) is 0. The van der Waals surface area contributed by atoms with Crippen LogP contribution >= 0.6 is 0 Å². The monoisotopic (exact) mass is 198 g/mol. The lowest BCUT2D eigenvalue weighted by Gasteiger charge is -2.26. The maximum absolute atomic E-state index is 11.3. The van der Waals surface area contributed by atoms with Gasteiger partial charge in [-0.25, -0.2) is 0 Å². The molecule has 0 heterocycles. The largest absolute Gasteiger partial charge is 0.466 e. The lowest BCUT2D eigenvalue weighted by Crippen LogP contribution is -2.19. The minimum absolute atomic E-state index is 0.0226. The summed E-state index contributed by atoms with van der Waals surface area (Å²) < 4.78 is 4.96. The zero-order valence-electron chi connectivity index (χ0n) is 9.42. The van der Waals surface area contributed by atoms with E-state index in [1.165, 1.54) is 32.1 Å². The smallest absolute Gasteiger partial charge is 0.306 e. The summed E-state index contributed by atoms with van der Waals surface area (Å²) in [5.74, 6) is 1.24. The highest BCUT2D eigenvalue weighted by Crippen LogP contribution is 2.31. The van der Waals surface area contributed by atoms with E-state index in [1.807, 2.05) is 6.92 Å². The second-order valence-electron chi connectivity index (χ2n) is 4.38. The first kappa shape index (κ1) is 11.5. The van der Waals surface area contributed by atoms with E-state index in [-0.39, 0.29) is 5.97 Å². The number of carbonyl (C=O) groups excluding carboxylic acids is 1. The second kappa shape index (κ2) is 6.05. The van der Waals surface area contributed by atoms with Crippen molar-refractivity contribution in [3.05, 3.63) is 0 Å². The summed E-state index contributed by atoms with van der Waals surface area (Å²) in [6.45, 7) is 4.56. The molecule has 0 amide bonds. The second-order valence-corrected chi connectivity index (χ2v) is 4.38. The SMILES string of the molecule is CCOC(=O)C[C@@H](C)C1CCCCC1. The third-order valence-corrected chi connectivity index (χ3v) is 3.25. The van der Waals surface area contributed by atoms with Crippen LogP contribution < -0.4 is 0 Å². The van der Waals surface area contributed by atoms with Gasteiger partial charge < -0.3 is 4.74 Å². The third kappa shape index (κ3) is 3.69. The lowest BCUT2D eigenvalue weighted by molar-refractivity contribution is -0.144. The molecule has 0 bridgehead atoms. The molecule has 1 aliphatic rings. The summed E-state index contributed by atoms with van der Waals surface area (Å²) in [4.78, 5) is 11.3. The molecule has 0 unspecified atom stereocenters. The van der Waals surface area contributed by atoms with Crippen LogP contribution in [0.3, 0.4) is 0 Å². The fourth-order valence-electron chi connectivity index (χ4n) is 2.35. The number of carbonyl (C=O) groups is 1. The maximum Gasteiger partial charge on any atom is 0.306 e. The van der Waals surface area contributed by atoms with Gasteiger partial charge in [0.25, 0.3) is 0 Å². The van der Waals surface area contributed by atoms with Gasteiger partial charge in [0.2, 0.25) is 0 Å². The summed E-state index contributed by atoms with van der Waals surface area (Å²) in [7, 11) is 0. The highest BCUT2D eigenvalue weighted by atomic mass is 16.5. The Morgan fingerprint density at radius 2 is 2.00 bits per heavy atom. The van der Waals surface area contributed by atoms with E-state index in [1.54, 1.807) is 0 Å². The van der Waals surface area contributed by atoms with Crippen LogP contribution in [0.5, 0.6) is 0 Å². The average molecular weight is 198 g/mol. The van der Waals surface area contributed by atoms with Crippen molar-refractivity contribution in [2.45, 2.75) is 52.4 Å². The predicted molar refractivity (Wildman–Crippen MR) is 57.0 cm³/mol. The van der Waals surface area contributed by atoms with Crippen LogP contribution in [-0.2, 0) is 9.53 Å². The van der Waals surface area contributed by atoms with Gasteiger partial charge in [0.05, 0.1) is 6.61 Å². The molecule has 1 atom stereocenters. The Hall–Kier alpha value is -0.530. The molecule has 0 N–H and O–H groups in total. The Morgan fingerprint density at radius 1 is 1.36 bits per heavy atom. The lowest BCUT2D eigenvalue weighted by atomic mass is 9.79. The molecule has 1 aliphatic carbocycles. The van der Waals surface area contributed by atoms with E-state index in [4.69, 9.17) is 4.74 Å². The zero-order chi connectivity index (χ0) is 10.4. The molecule has 0 aromatic rings. The fraction of sp³-hybridized carbons (Fsp3) is 0.917. The van der Waals surface area contributed by atoms with Crippen molar-refractivity contribution >= 4 is 5.97 Å². The first-order chi connectivity index (χ1) is 6.74. The van der Waals surface area contributed by atoms with Gasteiger partial charge in [-0.3, -0.25) is 4.79 Å². The normalized spacial score (nSPS) is 20.4. The maximum atomic E-state index is 11.3. The van der Waals surface area contributed by atoms with Crippen LogP contribution in [0.4, 0.5) is 0 Å². The van der Waals surface area contributed by atoms with Gasteiger partial charge in [0, 0.05) is 6.42 Å². The van der Waals surface area contributed by atoms with Crippen LogP contribution in [0.25, 0.3) is 0 Å². The number of esters is 1. The van der Waals surface area contributed by atoms with E-state index in [0.717, 1.165) is 5.92 Å². The predicted octanol–water partition coefficient (Wildman–Crippen LogP) is 3.16. The Labute approximate surface area is 87.0 Å². The number of rotatable bonds is 4. The third-order valence-electron chi connectivity index (χ3n) is 3.25. The van der Waals surface area contributed by atoms with E-state index >= 15 is 0 Å². The molecule has 82 valence electrons. The molecule has 2 nitrogen and oxygen atoms in total. The zero-order valence-corrected chi connectivity index (χ0v) is 9.42. The summed E-state index contributed by atoms with van der Waals surface area (Å²) in [5.41, 5.74) is 0. The van der Waals surface area contributed by atoms with E-state index in [0.29, 0.717) is 18.9 Å². The molecule has 2 heteroatoms. The van der Waals surface area contributed by atoms with Crippen molar-refractivity contribution in [1.29, 1.82) is 0 Å². The van der Waals surface area contributed by atoms with Crippen LogP contribution in [0.15, 0.2) is 0 Å². The van der Waals surface area contributed by atoms with Crippen molar-refractivity contribution in [3.8, 4) is 0 Å². The topological polar surface area (TPSA) is 26.3 Å². The number of hydrogen-bond donors (Lipinski definition) is 0.